The molecule has 3 rings (SSSR count). The van der Waals surface area contributed by atoms with Gasteiger partial charge in [0.05, 0.1) is 0 Å². The Morgan fingerprint density at radius 3 is 2.46 bits per heavy atom. The van der Waals surface area contributed by atoms with Crippen molar-refractivity contribution in [1.29, 1.82) is 0 Å². The zero-order valence-electron chi connectivity index (χ0n) is 14.8. The molecule has 1 saturated heterocycles. The van der Waals surface area contributed by atoms with Crippen molar-refractivity contribution in [2.45, 2.75) is 13.5 Å². The van der Waals surface area contributed by atoms with Crippen LogP contribution in [0.4, 0.5) is 4.39 Å². The summed E-state index contributed by atoms with van der Waals surface area (Å²) in [7, 11) is 0. The third kappa shape index (κ3) is 5.02. The van der Waals surface area contributed by atoms with E-state index >= 15 is 0 Å². The van der Waals surface area contributed by atoms with Gasteiger partial charge in [0.25, 0.3) is 0 Å². The van der Waals surface area contributed by atoms with Gasteiger partial charge in [-0.25, -0.2) is 4.39 Å². The highest BCUT2D eigenvalue weighted by Crippen LogP contribution is 2.15. The van der Waals surface area contributed by atoms with Crippen LogP contribution in [0.1, 0.15) is 16.7 Å². The Bertz CT molecular complexity index is 796. The van der Waals surface area contributed by atoms with Crippen molar-refractivity contribution in [1.82, 2.24) is 9.80 Å². The first-order valence-electron chi connectivity index (χ1n) is 8.71. The summed E-state index contributed by atoms with van der Waals surface area (Å²) in [6.07, 6.45) is 3.46. The highest BCUT2D eigenvalue weighted by molar-refractivity contribution is 9.10. The van der Waals surface area contributed by atoms with Crippen LogP contribution in [0.3, 0.4) is 0 Å². The third-order valence-electron chi connectivity index (χ3n) is 4.57. The Labute approximate surface area is 162 Å². The Balaban J connectivity index is 1.51. The van der Waals surface area contributed by atoms with Crippen LogP contribution < -0.4 is 0 Å². The van der Waals surface area contributed by atoms with E-state index < -0.39 is 0 Å². The highest BCUT2D eigenvalue weighted by Gasteiger charge is 2.20. The van der Waals surface area contributed by atoms with E-state index in [0.29, 0.717) is 25.2 Å². The molecule has 0 N–H and O–H groups in total. The van der Waals surface area contributed by atoms with Crippen LogP contribution in [0.15, 0.2) is 53.0 Å². The molecule has 0 unspecified atom stereocenters. The van der Waals surface area contributed by atoms with Gasteiger partial charge in [0, 0.05) is 48.8 Å². The molecule has 0 aromatic heterocycles. The summed E-state index contributed by atoms with van der Waals surface area (Å²) >= 11 is 3.40. The lowest BCUT2D eigenvalue weighted by atomic mass is 10.1. The van der Waals surface area contributed by atoms with Crippen molar-refractivity contribution in [2.24, 2.45) is 0 Å². The first-order valence-corrected chi connectivity index (χ1v) is 9.50. The molecule has 2 aromatic rings. The van der Waals surface area contributed by atoms with Crippen LogP contribution >= 0.6 is 15.9 Å². The van der Waals surface area contributed by atoms with Gasteiger partial charge in [-0.1, -0.05) is 40.2 Å². The normalized spacial score (nSPS) is 15.6. The molecule has 1 aliphatic heterocycles. The number of nitrogens with zero attached hydrogens (tertiary/aromatic N) is 2. The van der Waals surface area contributed by atoms with E-state index in [9.17, 15) is 9.18 Å². The lowest BCUT2D eigenvalue weighted by Crippen LogP contribution is -2.47. The van der Waals surface area contributed by atoms with E-state index in [1.54, 1.807) is 12.1 Å². The molecular weight excluding hydrogens is 395 g/mol. The van der Waals surface area contributed by atoms with Crippen molar-refractivity contribution in [3.63, 3.8) is 0 Å². The molecular formula is C21H22BrFN2O. The topological polar surface area (TPSA) is 23.6 Å². The summed E-state index contributed by atoms with van der Waals surface area (Å²) in [4.78, 5) is 16.4. The number of hydrogen-bond acceptors (Lipinski definition) is 2. The Hall–Kier alpha value is -1.98. The fourth-order valence-electron chi connectivity index (χ4n) is 2.99. The number of carbonyl (C=O) groups excluding carboxylic acids is 1. The van der Waals surface area contributed by atoms with E-state index in [-0.39, 0.29) is 11.7 Å². The summed E-state index contributed by atoms with van der Waals surface area (Å²) in [6.45, 7) is 5.31. The summed E-state index contributed by atoms with van der Waals surface area (Å²) in [5, 5.41) is 0. The molecule has 2 aromatic carbocycles. The van der Waals surface area contributed by atoms with Crippen LogP contribution in [-0.4, -0.2) is 41.9 Å². The molecule has 3 nitrogen and oxygen atoms in total. The molecule has 0 radical (unpaired) electrons. The molecule has 0 atom stereocenters. The quantitative estimate of drug-likeness (QED) is 0.695. The van der Waals surface area contributed by atoms with Gasteiger partial charge in [0.2, 0.25) is 5.91 Å². The van der Waals surface area contributed by atoms with Crippen molar-refractivity contribution in [2.75, 3.05) is 26.2 Å². The smallest absolute Gasteiger partial charge is 0.246 e. The van der Waals surface area contributed by atoms with Gasteiger partial charge < -0.3 is 4.90 Å². The van der Waals surface area contributed by atoms with Crippen molar-refractivity contribution in [3.8, 4) is 0 Å². The zero-order chi connectivity index (χ0) is 18.5. The van der Waals surface area contributed by atoms with Crippen molar-refractivity contribution >= 4 is 27.9 Å². The molecule has 136 valence electrons. The molecule has 1 aliphatic rings. The predicted octanol–water partition coefficient (Wildman–Crippen LogP) is 4.25. The van der Waals surface area contributed by atoms with Gasteiger partial charge in [-0.05, 0) is 42.3 Å². The summed E-state index contributed by atoms with van der Waals surface area (Å²) < 4.78 is 15.0. The number of benzene rings is 2. The SMILES string of the molecule is Cc1ccc(CN2CCN(C(=O)/C=C/c3ccc(Br)cc3)CC2)c(F)c1. The van der Waals surface area contributed by atoms with E-state index in [4.69, 9.17) is 0 Å². The zero-order valence-corrected chi connectivity index (χ0v) is 16.4. The van der Waals surface area contributed by atoms with Gasteiger partial charge in [-0.2, -0.15) is 0 Å². The predicted molar refractivity (Wildman–Crippen MR) is 106 cm³/mol. The summed E-state index contributed by atoms with van der Waals surface area (Å²) in [5.74, 6) is -0.130. The van der Waals surface area contributed by atoms with Gasteiger partial charge >= 0.3 is 0 Å². The number of carbonyl (C=O) groups is 1. The van der Waals surface area contributed by atoms with E-state index in [1.807, 2.05) is 54.3 Å². The highest BCUT2D eigenvalue weighted by atomic mass is 79.9. The Kier molecular flexibility index (Phi) is 6.22. The van der Waals surface area contributed by atoms with Gasteiger partial charge in [0.1, 0.15) is 5.82 Å². The second kappa shape index (κ2) is 8.60. The number of rotatable bonds is 4. The first kappa shape index (κ1) is 18.8. The van der Waals surface area contributed by atoms with Crippen molar-refractivity contribution < 1.29 is 9.18 Å². The fourth-order valence-corrected chi connectivity index (χ4v) is 3.26. The number of aryl methyl sites for hydroxylation is 1. The van der Waals surface area contributed by atoms with Gasteiger partial charge in [-0.15, -0.1) is 0 Å². The lowest BCUT2D eigenvalue weighted by Gasteiger charge is -2.34. The van der Waals surface area contributed by atoms with Gasteiger partial charge in [-0.3, -0.25) is 9.69 Å². The molecule has 0 bridgehead atoms. The second-order valence-corrected chi connectivity index (χ2v) is 7.50. The molecule has 0 aliphatic carbocycles. The monoisotopic (exact) mass is 416 g/mol. The number of hydrogen-bond donors (Lipinski definition) is 0. The molecule has 1 fully saturated rings. The van der Waals surface area contributed by atoms with Crippen LogP contribution in [0.25, 0.3) is 6.08 Å². The molecule has 5 heteroatoms. The average molecular weight is 417 g/mol. The lowest BCUT2D eigenvalue weighted by molar-refractivity contribution is -0.127. The molecule has 26 heavy (non-hydrogen) atoms. The summed E-state index contributed by atoms with van der Waals surface area (Å²) in [5.41, 5.74) is 2.64. The maximum absolute atomic E-state index is 14.0. The minimum Gasteiger partial charge on any atom is -0.337 e. The molecule has 0 spiro atoms. The van der Waals surface area contributed by atoms with Crippen LogP contribution in [-0.2, 0) is 11.3 Å². The van der Waals surface area contributed by atoms with Gasteiger partial charge in [0.15, 0.2) is 0 Å². The number of halogens is 2. The minimum atomic E-state index is -0.152. The van der Waals surface area contributed by atoms with E-state index in [2.05, 4.69) is 20.8 Å². The number of amides is 1. The van der Waals surface area contributed by atoms with Crippen molar-refractivity contribution in [3.05, 3.63) is 75.5 Å². The summed E-state index contributed by atoms with van der Waals surface area (Å²) in [6, 6.07) is 13.2. The molecule has 1 amide bonds. The second-order valence-electron chi connectivity index (χ2n) is 6.58. The van der Waals surface area contributed by atoms with E-state index in [0.717, 1.165) is 28.7 Å². The standard InChI is InChI=1S/C21H22BrFN2O/c1-16-2-6-18(20(23)14-16)15-24-10-12-25(13-11-24)21(26)9-5-17-3-7-19(22)8-4-17/h2-9,14H,10-13,15H2,1H3/b9-5+. The van der Waals surface area contributed by atoms with Crippen LogP contribution in [0.2, 0.25) is 0 Å². The number of piperazine rings is 1. The van der Waals surface area contributed by atoms with Crippen LogP contribution in [0, 0.1) is 12.7 Å². The Morgan fingerprint density at radius 2 is 1.81 bits per heavy atom. The maximum atomic E-state index is 14.0. The van der Waals surface area contributed by atoms with E-state index in [1.165, 1.54) is 0 Å². The first-order chi connectivity index (χ1) is 12.5. The molecule has 0 saturated carbocycles. The minimum absolute atomic E-state index is 0.0223. The average Bonchev–Trinajstić information content (AvgIpc) is 2.64. The molecule has 1 heterocycles. The van der Waals surface area contributed by atoms with Crippen LogP contribution in [0.5, 0.6) is 0 Å². The Morgan fingerprint density at radius 1 is 1.12 bits per heavy atom. The fraction of sp³-hybridized carbons (Fsp3) is 0.286. The maximum Gasteiger partial charge on any atom is 0.246 e. The largest absolute Gasteiger partial charge is 0.337 e. The third-order valence-corrected chi connectivity index (χ3v) is 5.10.